The quantitative estimate of drug-likeness (QED) is 0.157. The highest BCUT2D eigenvalue weighted by atomic mass is 16.5. The van der Waals surface area contributed by atoms with Crippen LogP contribution in [-0.4, -0.2) is 73.5 Å². The molecule has 1 aromatic carbocycles. The number of amides is 4. The van der Waals surface area contributed by atoms with Crippen LogP contribution >= 0.6 is 0 Å². The van der Waals surface area contributed by atoms with Crippen LogP contribution in [0.5, 0.6) is 0 Å². The summed E-state index contributed by atoms with van der Waals surface area (Å²) in [6, 6.07) is 6.33. The average molecular weight is 546 g/mol. The second-order valence-corrected chi connectivity index (χ2v) is 10.9. The predicted octanol–water partition coefficient (Wildman–Crippen LogP) is 0.425. The van der Waals surface area contributed by atoms with Gasteiger partial charge in [0.05, 0.1) is 13.7 Å². The van der Waals surface area contributed by atoms with Gasteiger partial charge in [0.1, 0.15) is 24.2 Å². The normalized spacial score (nSPS) is 18.5. The number of methoxy groups -OCH3 is 1. The molecule has 2 rings (SSSR count). The molecule has 1 aliphatic rings. The summed E-state index contributed by atoms with van der Waals surface area (Å²) >= 11 is 0. The Morgan fingerprint density at radius 2 is 1.44 bits per heavy atom. The average Bonchev–Trinajstić information content (AvgIpc) is 3.62. The molecule has 0 spiro atoms. The minimum Gasteiger partial charge on any atom is -0.467 e. The largest absolute Gasteiger partial charge is 0.467 e. The summed E-state index contributed by atoms with van der Waals surface area (Å²) in [5.41, 5.74) is 0.856. The van der Waals surface area contributed by atoms with Crippen LogP contribution in [-0.2, 0) is 35.1 Å². The van der Waals surface area contributed by atoms with Crippen LogP contribution in [0.15, 0.2) is 30.3 Å². The number of rotatable bonds is 15. The van der Waals surface area contributed by atoms with Crippen LogP contribution in [0.3, 0.4) is 0 Å². The van der Waals surface area contributed by atoms with Crippen molar-refractivity contribution in [2.24, 2.45) is 11.8 Å². The van der Waals surface area contributed by atoms with E-state index in [1.54, 1.807) is 0 Å². The van der Waals surface area contributed by atoms with E-state index in [2.05, 4.69) is 26.6 Å². The lowest BCUT2D eigenvalue weighted by atomic mass is 10.0. The Bertz CT molecular complexity index is 999. The Morgan fingerprint density at radius 1 is 0.846 bits per heavy atom. The standard InChI is InChI=1S/C28H43N5O6/c1-16(2)12-20(26(36)33-22(13-17(3)4)28(38)39-6)31-23(34)15-29-25(35)21(14-19-10-8-7-9-11-19)32-27(37)24-18(5)30-24/h7-11,16-18,20-22,24,30H,12-15H2,1-6H3,(H,29,35)(H,31,34)(H,32,37)(H,33,36)/t18-,20-,21-,22-,24-/m0/s1. The van der Waals surface area contributed by atoms with E-state index in [-0.39, 0.29) is 42.8 Å². The first-order valence-corrected chi connectivity index (χ1v) is 13.5. The highest BCUT2D eigenvalue weighted by Crippen LogP contribution is 2.12. The van der Waals surface area contributed by atoms with E-state index in [4.69, 9.17) is 4.74 Å². The SMILES string of the molecule is COC(=O)[C@H](CC(C)C)NC(=O)[C@H](CC(C)C)NC(=O)CNC(=O)[C@H](Cc1ccccc1)NC(=O)[C@H]1N[C@H]1C. The minimum atomic E-state index is -0.907. The molecule has 0 aromatic heterocycles. The van der Waals surface area contributed by atoms with Crippen molar-refractivity contribution in [2.75, 3.05) is 13.7 Å². The number of hydrogen-bond acceptors (Lipinski definition) is 7. The molecule has 11 nitrogen and oxygen atoms in total. The number of benzene rings is 1. The summed E-state index contributed by atoms with van der Waals surface area (Å²) in [6.07, 6.45) is 0.977. The fourth-order valence-corrected chi connectivity index (χ4v) is 4.19. The van der Waals surface area contributed by atoms with E-state index in [1.807, 2.05) is 65.0 Å². The minimum absolute atomic E-state index is 0.0413. The van der Waals surface area contributed by atoms with Gasteiger partial charge in [-0.2, -0.15) is 0 Å². The van der Waals surface area contributed by atoms with Crippen molar-refractivity contribution in [3.8, 4) is 0 Å². The second kappa shape index (κ2) is 15.2. The van der Waals surface area contributed by atoms with E-state index in [1.165, 1.54) is 7.11 Å². The number of carbonyl (C=O) groups excluding carboxylic acids is 5. The Balaban J connectivity index is 2.01. The molecule has 216 valence electrons. The molecule has 0 radical (unpaired) electrons. The van der Waals surface area contributed by atoms with Crippen LogP contribution in [0.2, 0.25) is 0 Å². The molecule has 0 bridgehead atoms. The van der Waals surface area contributed by atoms with Crippen molar-refractivity contribution in [3.63, 3.8) is 0 Å². The van der Waals surface area contributed by atoms with E-state index in [0.29, 0.717) is 12.8 Å². The zero-order chi connectivity index (χ0) is 29.1. The van der Waals surface area contributed by atoms with E-state index in [9.17, 15) is 24.0 Å². The Morgan fingerprint density at radius 3 is 1.97 bits per heavy atom. The highest BCUT2D eigenvalue weighted by Gasteiger charge is 2.39. The fourth-order valence-electron chi connectivity index (χ4n) is 4.19. The molecular formula is C28H43N5O6. The summed E-state index contributed by atoms with van der Waals surface area (Å²) in [5, 5.41) is 13.7. The van der Waals surface area contributed by atoms with Crippen LogP contribution < -0.4 is 26.6 Å². The predicted molar refractivity (Wildman–Crippen MR) is 146 cm³/mol. The van der Waals surface area contributed by atoms with Crippen molar-refractivity contribution in [1.82, 2.24) is 26.6 Å². The van der Waals surface area contributed by atoms with E-state index < -0.39 is 41.8 Å². The smallest absolute Gasteiger partial charge is 0.328 e. The second-order valence-electron chi connectivity index (χ2n) is 10.9. The molecule has 0 saturated carbocycles. The lowest BCUT2D eigenvalue weighted by molar-refractivity contribution is -0.146. The first kappa shape index (κ1) is 31.7. The molecule has 1 fully saturated rings. The molecule has 1 aliphatic heterocycles. The van der Waals surface area contributed by atoms with Gasteiger partial charge in [0, 0.05) is 12.5 Å². The summed E-state index contributed by atoms with van der Waals surface area (Å²) in [4.78, 5) is 63.4. The number of esters is 1. The molecule has 4 amide bonds. The molecule has 1 aromatic rings. The molecule has 1 saturated heterocycles. The van der Waals surface area contributed by atoms with Gasteiger partial charge in [0.15, 0.2) is 0 Å². The third-order valence-electron chi connectivity index (χ3n) is 6.32. The third-order valence-corrected chi connectivity index (χ3v) is 6.32. The van der Waals surface area contributed by atoms with Gasteiger partial charge in [0.25, 0.3) is 0 Å². The van der Waals surface area contributed by atoms with Gasteiger partial charge in [-0.25, -0.2) is 4.79 Å². The maximum Gasteiger partial charge on any atom is 0.328 e. The molecule has 1 heterocycles. The summed E-state index contributed by atoms with van der Waals surface area (Å²) in [5.74, 6) is -2.21. The molecule has 11 heteroatoms. The molecule has 5 N–H and O–H groups in total. The summed E-state index contributed by atoms with van der Waals surface area (Å²) in [6.45, 7) is 9.16. The van der Waals surface area contributed by atoms with Crippen LogP contribution in [0.25, 0.3) is 0 Å². The molecule has 0 unspecified atom stereocenters. The van der Waals surface area contributed by atoms with Gasteiger partial charge in [-0.15, -0.1) is 0 Å². The third kappa shape index (κ3) is 11.0. The Kier molecular flexibility index (Phi) is 12.4. The topological polar surface area (TPSA) is 165 Å². The number of hydrogen-bond donors (Lipinski definition) is 5. The van der Waals surface area contributed by atoms with Crippen molar-refractivity contribution in [3.05, 3.63) is 35.9 Å². The maximum atomic E-state index is 13.0. The monoisotopic (exact) mass is 545 g/mol. The van der Waals surface area contributed by atoms with Crippen molar-refractivity contribution in [2.45, 2.75) is 84.1 Å². The first-order chi connectivity index (χ1) is 18.4. The van der Waals surface area contributed by atoms with Gasteiger partial charge in [-0.1, -0.05) is 58.0 Å². The van der Waals surface area contributed by atoms with Gasteiger partial charge in [-0.05, 0) is 37.2 Å². The molecule has 39 heavy (non-hydrogen) atoms. The molecule has 0 aliphatic carbocycles. The van der Waals surface area contributed by atoms with Gasteiger partial charge < -0.3 is 26.0 Å². The van der Waals surface area contributed by atoms with Crippen LogP contribution in [0, 0.1) is 11.8 Å². The zero-order valence-electron chi connectivity index (χ0n) is 23.7. The molecular weight excluding hydrogens is 502 g/mol. The van der Waals surface area contributed by atoms with E-state index in [0.717, 1.165) is 5.56 Å². The Labute approximate surface area is 230 Å². The van der Waals surface area contributed by atoms with Crippen molar-refractivity contribution in [1.29, 1.82) is 0 Å². The zero-order valence-corrected chi connectivity index (χ0v) is 23.7. The van der Waals surface area contributed by atoms with Gasteiger partial charge in [-0.3, -0.25) is 24.5 Å². The lowest BCUT2D eigenvalue weighted by Crippen LogP contribution is -2.55. The van der Waals surface area contributed by atoms with E-state index >= 15 is 0 Å². The fraction of sp³-hybridized carbons (Fsp3) is 0.607. The Hall–Kier alpha value is -3.47. The maximum absolute atomic E-state index is 13.0. The molecule has 5 atom stereocenters. The van der Waals surface area contributed by atoms with Gasteiger partial charge >= 0.3 is 5.97 Å². The number of carbonyl (C=O) groups is 5. The van der Waals surface area contributed by atoms with Crippen LogP contribution in [0.1, 0.15) is 53.0 Å². The van der Waals surface area contributed by atoms with Gasteiger partial charge in [0.2, 0.25) is 23.6 Å². The van der Waals surface area contributed by atoms with Crippen LogP contribution in [0.4, 0.5) is 0 Å². The van der Waals surface area contributed by atoms with Crippen molar-refractivity contribution >= 4 is 29.6 Å². The highest BCUT2D eigenvalue weighted by molar-refractivity contribution is 5.94. The first-order valence-electron chi connectivity index (χ1n) is 13.5. The lowest BCUT2D eigenvalue weighted by Gasteiger charge is -2.24. The summed E-state index contributed by atoms with van der Waals surface area (Å²) < 4.78 is 4.82. The number of nitrogens with one attached hydrogen (secondary N) is 5. The summed E-state index contributed by atoms with van der Waals surface area (Å²) in [7, 11) is 1.26. The number of ether oxygens (including phenoxy) is 1. The van der Waals surface area contributed by atoms with Crippen molar-refractivity contribution < 1.29 is 28.7 Å².